The maximum Gasteiger partial charge on any atom is 0.100 e. The predicted octanol–water partition coefficient (Wildman–Crippen LogP) is 4.34. The molecule has 0 amide bonds. The number of hydrogen-bond donors (Lipinski definition) is 0. The lowest BCUT2D eigenvalue weighted by Gasteiger charge is -2.12. The number of halogens is 1. The van der Waals surface area contributed by atoms with Gasteiger partial charge in [-0.25, -0.2) is 4.39 Å². The molecule has 0 N–H and O–H groups in total. The fourth-order valence-electron chi connectivity index (χ4n) is 1.05. The van der Waals surface area contributed by atoms with Crippen molar-refractivity contribution in [1.82, 2.24) is 0 Å². The highest BCUT2D eigenvalue weighted by molar-refractivity contribution is 4.62. The molecule has 0 bridgehead atoms. The standard InChI is InChI=1S/C6H11F.2C2H6/c7-6-4-2-1-3-5-6;2*1-2/h6H,1-5H2;2*1-2H3. The smallest absolute Gasteiger partial charge is 0.100 e. The molecular weight excluding hydrogens is 139 g/mol. The summed E-state index contributed by atoms with van der Waals surface area (Å²) in [4.78, 5) is 0. The van der Waals surface area contributed by atoms with Crippen molar-refractivity contribution in [2.45, 2.75) is 66.0 Å². The summed E-state index contributed by atoms with van der Waals surface area (Å²) < 4.78 is 12.2. The highest BCUT2D eigenvalue weighted by atomic mass is 19.1. The SMILES string of the molecule is CC.CC.FC1CCCCC1. The second kappa shape index (κ2) is 12.6. The van der Waals surface area contributed by atoms with Gasteiger partial charge in [0.2, 0.25) is 0 Å². The van der Waals surface area contributed by atoms with E-state index in [1.54, 1.807) is 0 Å². The molecule has 11 heavy (non-hydrogen) atoms. The molecule has 0 saturated heterocycles. The highest BCUT2D eigenvalue weighted by Crippen LogP contribution is 2.19. The third-order valence-electron chi connectivity index (χ3n) is 1.53. The largest absolute Gasteiger partial charge is 0.247 e. The van der Waals surface area contributed by atoms with Crippen LogP contribution in [0.5, 0.6) is 0 Å². The van der Waals surface area contributed by atoms with E-state index in [0.29, 0.717) is 0 Å². The molecule has 1 saturated carbocycles. The lowest BCUT2D eigenvalue weighted by atomic mass is 9.99. The Hall–Kier alpha value is -0.0700. The fraction of sp³-hybridized carbons (Fsp3) is 1.00. The van der Waals surface area contributed by atoms with Gasteiger partial charge in [-0.15, -0.1) is 0 Å². The summed E-state index contributed by atoms with van der Waals surface area (Å²) in [7, 11) is 0. The molecular formula is C10H23F. The zero-order valence-corrected chi connectivity index (χ0v) is 8.49. The average molecular weight is 162 g/mol. The lowest BCUT2D eigenvalue weighted by Crippen LogP contribution is -2.04. The quantitative estimate of drug-likeness (QED) is 0.497. The summed E-state index contributed by atoms with van der Waals surface area (Å²) in [6, 6.07) is 0. The molecule has 0 aromatic rings. The summed E-state index contributed by atoms with van der Waals surface area (Å²) in [5.41, 5.74) is 0. The summed E-state index contributed by atoms with van der Waals surface area (Å²) in [5.74, 6) is 0. The second-order valence-corrected chi connectivity index (χ2v) is 2.24. The van der Waals surface area contributed by atoms with E-state index >= 15 is 0 Å². The summed E-state index contributed by atoms with van der Waals surface area (Å²) in [5, 5.41) is 0. The van der Waals surface area contributed by atoms with Crippen molar-refractivity contribution in [3.05, 3.63) is 0 Å². The van der Waals surface area contributed by atoms with Crippen molar-refractivity contribution in [1.29, 1.82) is 0 Å². The van der Waals surface area contributed by atoms with E-state index < -0.39 is 6.17 Å². The van der Waals surface area contributed by atoms with Crippen LogP contribution in [0.15, 0.2) is 0 Å². The monoisotopic (exact) mass is 162 g/mol. The summed E-state index contributed by atoms with van der Waals surface area (Å²) in [6.07, 6.45) is 4.65. The first-order valence-electron chi connectivity index (χ1n) is 5.03. The highest BCUT2D eigenvalue weighted by Gasteiger charge is 2.09. The van der Waals surface area contributed by atoms with Gasteiger partial charge in [0.05, 0.1) is 0 Å². The molecule has 0 aromatic carbocycles. The van der Waals surface area contributed by atoms with E-state index in [1.165, 1.54) is 6.42 Å². The predicted molar refractivity (Wildman–Crippen MR) is 50.7 cm³/mol. The van der Waals surface area contributed by atoms with Crippen LogP contribution in [0.1, 0.15) is 59.8 Å². The van der Waals surface area contributed by atoms with Gasteiger partial charge in [0, 0.05) is 0 Å². The van der Waals surface area contributed by atoms with Crippen molar-refractivity contribution >= 4 is 0 Å². The first-order valence-corrected chi connectivity index (χ1v) is 5.03. The molecule has 0 nitrogen and oxygen atoms in total. The van der Waals surface area contributed by atoms with Gasteiger partial charge in [0.1, 0.15) is 6.17 Å². The Labute approximate surface area is 71.2 Å². The summed E-state index contributed by atoms with van der Waals surface area (Å²) in [6.45, 7) is 8.00. The number of alkyl halides is 1. The topological polar surface area (TPSA) is 0 Å². The lowest BCUT2D eigenvalue weighted by molar-refractivity contribution is 0.251. The first kappa shape index (κ1) is 13.5. The van der Waals surface area contributed by atoms with Crippen LogP contribution in [0, 0.1) is 0 Å². The van der Waals surface area contributed by atoms with Crippen LogP contribution >= 0.6 is 0 Å². The average Bonchev–Trinajstić information content (AvgIpc) is 2.13. The zero-order valence-electron chi connectivity index (χ0n) is 8.49. The Bertz CT molecular complexity index is 46.8. The van der Waals surface area contributed by atoms with E-state index in [0.717, 1.165) is 25.7 Å². The van der Waals surface area contributed by atoms with E-state index in [2.05, 4.69) is 0 Å². The van der Waals surface area contributed by atoms with Gasteiger partial charge in [0.15, 0.2) is 0 Å². The van der Waals surface area contributed by atoms with E-state index in [9.17, 15) is 4.39 Å². The maximum absolute atomic E-state index is 12.2. The van der Waals surface area contributed by atoms with Gasteiger partial charge in [0.25, 0.3) is 0 Å². The third-order valence-corrected chi connectivity index (χ3v) is 1.53. The van der Waals surface area contributed by atoms with Crippen molar-refractivity contribution in [3.63, 3.8) is 0 Å². The minimum atomic E-state index is -0.464. The van der Waals surface area contributed by atoms with Gasteiger partial charge < -0.3 is 0 Å². The third kappa shape index (κ3) is 9.93. The van der Waals surface area contributed by atoms with Gasteiger partial charge in [-0.1, -0.05) is 47.0 Å². The molecule has 0 aliphatic heterocycles. The normalized spacial score (nSPS) is 17.2. The molecule has 0 aromatic heterocycles. The van der Waals surface area contributed by atoms with Crippen LogP contribution in [0.4, 0.5) is 4.39 Å². The molecule has 0 radical (unpaired) electrons. The van der Waals surface area contributed by atoms with E-state index in [4.69, 9.17) is 0 Å². The zero-order chi connectivity index (χ0) is 9.11. The Kier molecular flexibility index (Phi) is 15.5. The van der Waals surface area contributed by atoms with Crippen molar-refractivity contribution in [2.24, 2.45) is 0 Å². The van der Waals surface area contributed by atoms with Gasteiger partial charge in [-0.05, 0) is 12.8 Å². The van der Waals surface area contributed by atoms with Crippen molar-refractivity contribution < 1.29 is 4.39 Å². The molecule has 0 spiro atoms. The molecule has 0 atom stereocenters. The minimum absolute atomic E-state index is 0.464. The number of hydrogen-bond acceptors (Lipinski definition) is 0. The maximum atomic E-state index is 12.2. The van der Waals surface area contributed by atoms with Crippen molar-refractivity contribution in [3.8, 4) is 0 Å². The summed E-state index contributed by atoms with van der Waals surface area (Å²) >= 11 is 0. The van der Waals surface area contributed by atoms with Crippen LogP contribution in [-0.4, -0.2) is 6.17 Å². The molecule has 1 fully saturated rings. The van der Waals surface area contributed by atoms with Crippen molar-refractivity contribution in [2.75, 3.05) is 0 Å². The van der Waals surface area contributed by atoms with Crippen LogP contribution < -0.4 is 0 Å². The fourth-order valence-corrected chi connectivity index (χ4v) is 1.05. The number of rotatable bonds is 0. The van der Waals surface area contributed by atoms with E-state index in [1.807, 2.05) is 27.7 Å². The van der Waals surface area contributed by atoms with Gasteiger partial charge in [-0.2, -0.15) is 0 Å². The molecule has 0 heterocycles. The first-order chi connectivity index (χ1) is 5.39. The Morgan fingerprint density at radius 1 is 0.818 bits per heavy atom. The van der Waals surface area contributed by atoms with Crippen LogP contribution in [0.25, 0.3) is 0 Å². The van der Waals surface area contributed by atoms with E-state index in [-0.39, 0.29) is 0 Å². The van der Waals surface area contributed by atoms with Crippen LogP contribution in [0.3, 0.4) is 0 Å². The van der Waals surface area contributed by atoms with Crippen LogP contribution in [-0.2, 0) is 0 Å². The Balaban J connectivity index is 0. The molecule has 1 heteroatoms. The molecule has 1 aliphatic carbocycles. The van der Waals surface area contributed by atoms with Gasteiger partial charge >= 0.3 is 0 Å². The molecule has 1 aliphatic rings. The molecule has 70 valence electrons. The van der Waals surface area contributed by atoms with Gasteiger partial charge in [-0.3, -0.25) is 0 Å². The molecule has 0 unspecified atom stereocenters. The van der Waals surface area contributed by atoms with Crippen LogP contribution in [0.2, 0.25) is 0 Å². The second-order valence-electron chi connectivity index (χ2n) is 2.24. The molecule has 1 rings (SSSR count). The Morgan fingerprint density at radius 2 is 1.18 bits per heavy atom. The minimum Gasteiger partial charge on any atom is -0.247 e. The Morgan fingerprint density at radius 3 is 1.36 bits per heavy atom.